The fourth-order valence-electron chi connectivity index (χ4n) is 2.26. The molecule has 2 aromatic carbocycles. The Kier molecular flexibility index (Phi) is 7.95. The van der Waals surface area contributed by atoms with Crippen molar-refractivity contribution in [2.24, 2.45) is 0 Å². The van der Waals surface area contributed by atoms with Crippen molar-refractivity contribution < 1.29 is 27.8 Å². The van der Waals surface area contributed by atoms with Gasteiger partial charge in [0.25, 0.3) is 5.91 Å². The quantitative estimate of drug-likeness (QED) is 0.537. The van der Waals surface area contributed by atoms with Gasteiger partial charge in [0.15, 0.2) is 11.5 Å². The van der Waals surface area contributed by atoms with E-state index in [2.05, 4.69) is 15.6 Å². The molecule has 2 amide bonds. The van der Waals surface area contributed by atoms with Crippen LogP contribution in [0.5, 0.6) is 11.5 Å². The van der Waals surface area contributed by atoms with Gasteiger partial charge in [0.2, 0.25) is 5.91 Å². The molecule has 6 nitrogen and oxygen atoms in total. The molecule has 0 spiro atoms. The van der Waals surface area contributed by atoms with E-state index in [-0.39, 0.29) is 30.4 Å². The molecule has 148 valence electrons. The molecule has 0 saturated carbocycles. The lowest BCUT2D eigenvalue weighted by atomic mass is 10.1. The lowest BCUT2D eigenvalue weighted by Gasteiger charge is -2.11. The topological polar surface area (TPSA) is 76.7 Å². The van der Waals surface area contributed by atoms with Crippen molar-refractivity contribution in [2.75, 3.05) is 6.61 Å². The highest BCUT2D eigenvalue weighted by molar-refractivity contribution is 5.93. The largest absolute Gasteiger partial charge is 0.490 e. The Morgan fingerprint density at radius 1 is 1.07 bits per heavy atom. The predicted molar refractivity (Wildman–Crippen MR) is 99.7 cm³/mol. The van der Waals surface area contributed by atoms with Gasteiger partial charge in [-0.1, -0.05) is 36.4 Å². The smallest absolute Gasteiger partial charge is 0.387 e. The molecule has 2 rings (SSSR count). The fraction of sp³-hybridized carbons (Fsp3) is 0.200. The number of alkyl halides is 2. The van der Waals surface area contributed by atoms with E-state index in [1.54, 1.807) is 19.1 Å². The molecular formula is C20H20F2N2O4. The van der Waals surface area contributed by atoms with Gasteiger partial charge in [0.05, 0.1) is 13.0 Å². The number of halogens is 2. The summed E-state index contributed by atoms with van der Waals surface area (Å²) in [5, 5.41) is 0. The van der Waals surface area contributed by atoms with Gasteiger partial charge in [-0.2, -0.15) is 8.78 Å². The maximum absolute atomic E-state index is 12.4. The molecule has 0 bridgehead atoms. The Morgan fingerprint density at radius 2 is 1.82 bits per heavy atom. The normalized spacial score (nSPS) is 10.7. The SMILES string of the molecule is CCOc1cc(/C=C/C(=O)NNC(=O)Cc2ccccc2)ccc1OC(F)F. The first-order valence-electron chi connectivity index (χ1n) is 8.50. The van der Waals surface area contributed by atoms with Gasteiger partial charge in [0, 0.05) is 6.08 Å². The lowest BCUT2D eigenvalue weighted by molar-refractivity contribution is -0.126. The maximum Gasteiger partial charge on any atom is 0.387 e. The highest BCUT2D eigenvalue weighted by Crippen LogP contribution is 2.30. The number of ether oxygens (including phenoxy) is 2. The summed E-state index contributed by atoms with van der Waals surface area (Å²) in [7, 11) is 0. The van der Waals surface area contributed by atoms with Crippen molar-refractivity contribution in [3.05, 3.63) is 65.7 Å². The Labute approximate surface area is 161 Å². The minimum absolute atomic E-state index is 0.0911. The van der Waals surface area contributed by atoms with Crippen LogP contribution in [0.4, 0.5) is 8.78 Å². The van der Waals surface area contributed by atoms with Crippen LogP contribution in [-0.2, 0) is 16.0 Å². The zero-order valence-corrected chi connectivity index (χ0v) is 15.2. The van der Waals surface area contributed by atoms with E-state index in [0.717, 1.165) is 5.56 Å². The van der Waals surface area contributed by atoms with E-state index in [4.69, 9.17) is 4.74 Å². The molecule has 2 aromatic rings. The number of hydrazine groups is 1. The number of benzene rings is 2. The summed E-state index contributed by atoms with van der Waals surface area (Å²) in [5.74, 6) is -0.861. The Balaban J connectivity index is 1.90. The molecule has 2 N–H and O–H groups in total. The highest BCUT2D eigenvalue weighted by Gasteiger charge is 2.11. The van der Waals surface area contributed by atoms with E-state index < -0.39 is 12.5 Å². The molecule has 0 fully saturated rings. The van der Waals surface area contributed by atoms with Gasteiger partial charge >= 0.3 is 6.61 Å². The van der Waals surface area contributed by atoms with Gasteiger partial charge in [-0.05, 0) is 36.3 Å². The lowest BCUT2D eigenvalue weighted by Crippen LogP contribution is -2.41. The number of carbonyl (C=O) groups excluding carboxylic acids is 2. The molecular weight excluding hydrogens is 370 g/mol. The number of hydrogen-bond donors (Lipinski definition) is 2. The first-order valence-corrected chi connectivity index (χ1v) is 8.50. The molecule has 8 heteroatoms. The van der Waals surface area contributed by atoms with Crippen molar-refractivity contribution >= 4 is 17.9 Å². The third kappa shape index (κ3) is 7.06. The molecule has 0 aliphatic heterocycles. The summed E-state index contributed by atoms with van der Waals surface area (Å²) in [4.78, 5) is 23.6. The number of hydrogen-bond acceptors (Lipinski definition) is 4. The van der Waals surface area contributed by atoms with Gasteiger partial charge in [-0.15, -0.1) is 0 Å². The average Bonchev–Trinajstić information content (AvgIpc) is 2.67. The minimum Gasteiger partial charge on any atom is -0.490 e. The van der Waals surface area contributed by atoms with Crippen LogP contribution in [0, 0.1) is 0 Å². The molecule has 0 aromatic heterocycles. The Bertz CT molecular complexity index is 826. The minimum atomic E-state index is -2.97. The first kappa shape index (κ1) is 20.9. The summed E-state index contributed by atoms with van der Waals surface area (Å²) in [6, 6.07) is 13.4. The van der Waals surface area contributed by atoms with Crippen LogP contribution in [0.2, 0.25) is 0 Å². The molecule has 0 atom stereocenters. The summed E-state index contributed by atoms with van der Waals surface area (Å²) in [6.07, 6.45) is 2.78. The number of nitrogens with one attached hydrogen (secondary N) is 2. The Morgan fingerprint density at radius 3 is 2.50 bits per heavy atom. The molecule has 28 heavy (non-hydrogen) atoms. The highest BCUT2D eigenvalue weighted by atomic mass is 19.3. The summed E-state index contributed by atoms with van der Waals surface area (Å²) in [6.45, 7) is -0.994. The van der Waals surface area contributed by atoms with Gasteiger partial charge < -0.3 is 9.47 Å². The molecule has 0 heterocycles. The Hall–Kier alpha value is -3.42. The second kappa shape index (κ2) is 10.7. The van der Waals surface area contributed by atoms with Crippen LogP contribution < -0.4 is 20.3 Å². The third-order valence-electron chi connectivity index (χ3n) is 3.44. The van der Waals surface area contributed by atoms with Crippen LogP contribution in [0.25, 0.3) is 6.08 Å². The maximum atomic E-state index is 12.4. The van der Waals surface area contributed by atoms with Crippen molar-refractivity contribution in [3.63, 3.8) is 0 Å². The van der Waals surface area contributed by atoms with Crippen molar-refractivity contribution in [1.29, 1.82) is 0 Å². The van der Waals surface area contributed by atoms with Crippen LogP contribution in [-0.4, -0.2) is 25.0 Å². The van der Waals surface area contributed by atoms with Crippen LogP contribution in [0.15, 0.2) is 54.6 Å². The number of carbonyl (C=O) groups is 2. The fourth-order valence-corrected chi connectivity index (χ4v) is 2.26. The van der Waals surface area contributed by atoms with Crippen molar-refractivity contribution in [1.82, 2.24) is 10.9 Å². The zero-order chi connectivity index (χ0) is 20.4. The molecule has 0 radical (unpaired) electrons. The number of rotatable bonds is 8. The molecule has 0 aliphatic carbocycles. The van der Waals surface area contributed by atoms with E-state index >= 15 is 0 Å². The number of amides is 2. The van der Waals surface area contributed by atoms with Gasteiger partial charge in [-0.25, -0.2) is 0 Å². The standard InChI is InChI=1S/C20H20F2N2O4/c1-2-27-17-12-15(8-10-16(17)28-20(21)22)9-11-18(25)23-24-19(26)13-14-6-4-3-5-7-14/h3-12,20H,2,13H2,1H3,(H,23,25)(H,24,26)/b11-9+. The zero-order valence-electron chi connectivity index (χ0n) is 15.2. The second-order valence-corrected chi connectivity index (χ2v) is 5.55. The van der Waals surface area contributed by atoms with E-state index in [0.29, 0.717) is 5.56 Å². The van der Waals surface area contributed by atoms with Crippen LogP contribution in [0.3, 0.4) is 0 Å². The molecule has 0 saturated heterocycles. The predicted octanol–water partition coefficient (Wildman–Crippen LogP) is 3.09. The van der Waals surface area contributed by atoms with E-state index in [1.165, 1.54) is 30.4 Å². The monoisotopic (exact) mass is 390 g/mol. The summed E-state index contributed by atoms with van der Waals surface area (Å²) in [5.41, 5.74) is 5.94. The summed E-state index contributed by atoms with van der Waals surface area (Å²) >= 11 is 0. The molecule has 0 aliphatic rings. The summed E-state index contributed by atoms with van der Waals surface area (Å²) < 4.78 is 34.5. The van der Waals surface area contributed by atoms with Crippen molar-refractivity contribution in [3.8, 4) is 11.5 Å². The van der Waals surface area contributed by atoms with Crippen molar-refractivity contribution in [2.45, 2.75) is 20.0 Å². The van der Waals surface area contributed by atoms with E-state index in [1.807, 2.05) is 18.2 Å². The van der Waals surface area contributed by atoms with E-state index in [9.17, 15) is 18.4 Å². The molecule has 0 unspecified atom stereocenters. The third-order valence-corrected chi connectivity index (χ3v) is 3.44. The first-order chi connectivity index (χ1) is 13.5. The van der Waals surface area contributed by atoms with Gasteiger partial charge in [-0.3, -0.25) is 20.4 Å². The second-order valence-electron chi connectivity index (χ2n) is 5.55. The average molecular weight is 390 g/mol. The van der Waals surface area contributed by atoms with Gasteiger partial charge in [0.1, 0.15) is 0 Å². The van der Waals surface area contributed by atoms with Crippen LogP contribution >= 0.6 is 0 Å². The van der Waals surface area contributed by atoms with Crippen LogP contribution in [0.1, 0.15) is 18.1 Å².